The van der Waals surface area contributed by atoms with Crippen LogP contribution in [0, 0.1) is 17.3 Å². The van der Waals surface area contributed by atoms with E-state index in [1.807, 2.05) is 0 Å². The molecule has 1 fully saturated rings. The predicted molar refractivity (Wildman–Crippen MR) is 188 cm³/mol. The molecule has 5 aromatic carbocycles. The number of hydrogen-bond acceptors (Lipinski definition) is 1. The van der Waals surface area contributed by atoms with Crippen LogP contribution in [0.2, 0.25) is 0 Å². The van der Waals surface area contributed by atoms with Crippen molar-refractivity contribution >= 4 is 55.1 Å². The van der Waals surface area contributed by atoms with Crippen molar-refractivity contribution in [2.45, 2.75) is 25.7 Å². The standard InChI is InChI=1S/C42H33N3/c1-27-39-40(43-34-20-10-9-19-33(34)42(27,39)41(2)23-13-4-14-24-41)45-36-22-12-8-18-30(36)32-25-31-29-17-7-11-21-35(29)44(37(31)26-38(32)45)28-15-5-3-6-16-28/h3-23,25-27,39H,24H2,1-2H3. The summed E-state index contributed by atoms with van der Waals surface area (Å²) >= 11 is 0. The van der Waals surface area contributed by atoms with Gasteiger partial charge < -0.3 is 4.57 Å². The molecular formula is C42H33N3. The number of para-hydroxylation sites is 4. The smallest absolute Gasteiger partial charge is 0.118 e. The quantitative estimate of drug-likeness (QED) is 0.194. The maximum absolute atomic E-state index is 5.57. The molecule has 0 amide bonds. The van der Waals surface area contributed by atoms with Crippen molar-refractivity contribution in [1.29, 1.82) is 0 Å². The van der Waals surface area contributed by atoms with Gasteiger partial charge in [-0.3, -0.25) is 4.57 Å². The van der Waals surface area contributed by atoms with Gasteiger partial charge >= 0.3 is 0 Å². The minimum atomic E-state index is -0.0112. The van der Waals surface area contributed by atoms with Gasteiger partial charge in [-0.2, -0.15) is 0 Å². The van der Waals surface area contributed by atoms with Crippen LogP contribution in [-0.2, 0) is 5.41 Å². The van der Waals surface area contributed by atoms with Gasteiger partial charge in [0, 0.05) is 38.6 Å². The lowest BCUT2D eigenvalue weighted by atomic mass is 9.64. The number of rotatable bonds is 2. The highest BCUT2D eigenvalue weighted by Crippen LogP contribution is 2.74. The van der Waals surface area contributed by atoms with E-state index in [4.69, 9.17) is 4.99 Å². The van der Waals surface area contributed by atoms with Crippen LogP contribution in [0.1, 0.15) is 25.8 Å². The van der Waals surface area contributed by atoms with Crippen molar-refractivity contribution in [3.05, 3.63) is 145 Å². The number of fused-ring (bicyclic) bond motifs is 9. The maximum atomic E-state index is 5.57. The molecule has 3 heterocycles. The number of benzene rings is 5. The van der Waals surface area contributed by atoms with Gasteiger partial charge in [0.25, 0.3) is 0 Å². The first-order valence-corrected chi connectivity index (χ1v) is 16.2. The molecule has 4 unspecified atom stereocenters. The minimum Gasteiger partial charge on any atom is -0.309 e. The first-order valence-electron chi connectivity index (χ1n) is 16.2. The highest BCUT2D eigenvalue weighted by atomic mass is 15.1. The zero-order valence-corrected chi connectivity index (χ0v) is 25.5. The molecule has 0 N–H and O–H groups in total. The van der Waals surface area contributed by atoms with Crippen molar-refractivity contribution in [3.8, 4) is 5.69 Å². The second kappa shape index (κ2) is 8.73. The van der Waals surface area contributed by atoms with Gasteiger partial charge in [0.15, 0.2) is 0 Å². The summed E-state index contributed by atoms with van der Waals surface area (Å²) in [5, 5.41) is 5.11. The monoisotopic (exact) mass is 579 g/mol. The highest BCUT2D eigenvalue weighted by Gasteiger charge is 2.74. The minimum absolute atomic E-state index is 0.00882. The Kier molecular flexibility index (Phi) is 4.89. The van der Waals surface area contributed by atoms with E-state index in [1.54, 1.807) is 0 Å². The number of allylic oxidation sites excluding steroid dienone is 4. The Morgan fingerprint density at radius 1 is 0.644 bits per heavy atom. The second-order valence-electron chi connectivity index (χ2n) is 13.5. The molecule has 0 radical (unpaired) electrons. The summed E-state index contributed by atoms with van der Waals surface area (Å²) in [5.74, 6) is 1.94. The zero-order chi connectivity index (χ0) is 29.9. The average Bonchev–Trinajstić information content (AvgIpc) is 3.44. The summed E-state index contributed by atoms with van der Waals surface area (Å²) in [6.07, 6.45) is 10.3. The van der Waals surface area contributed by atoms with E-state index in [2.05, 4.69) is 163 Å². The largest absolute Gasteiger partial charge is 0.309 e. The second-order valence-corrected chi connectivity index (χ2v) is 13.5. The van der Waals surface area contributed by atoms with Gasteiger partial charge in [0.2, 0.25) is 0 Å². The van der Waals surface area contributed by atoms with E-state index in [9.17, 15) is 0 Å². The topological polar surface area (TPSA) is 22.2 Å². The molecule has 3 nitrogen and oxygen atoms in total. The Morgan fingerprint density at radius 3 is 2.02 bits per heavy atom. The summed E-state index contributed by atoms with van der Waals surface area (Å²) < 4.78 is 4.94. The molecule has 0 bridgehead atoms. The number of aliphatic imine (C=N–C) groups is 1. The van der Waals surface area contributed by atoms with Crippen LogP contribution in [0.15, 0.2) is 145 Å². The molecule has 1 aliphatic heterocycles. The normalized spacial score (nSPS) is 25.2. The molecule has 216 valence electrons. The van der Waals surface area contributed by atoms with Crippen LogP contribution in [-0.4, -0.2) is 15.0 Å². The van der Waals surface area contributed by atoms with Crippen LogP contribution < -0.4 is 0 Å². The Bertz CT molecular complexity index is 2450. The van der Waals surface area contributed by atoms with Gasteiger partial charge in [-0.15, -0.1) is 0 Å². The Balaban J connectivity index is 1.32. The first kappa shape index (κ1) is 25.2. The van der Waals surface area contributed by atoms with Crippen LogP contribution in [0.25, 0.3) is 49.3 Å². The molecule has 0 saturated heterocycles. The van der Waals surface area contributed by atoms with Crippen molar-refractivity contribution in [2.75, 3.05) is 0 Å². The summed E-state index contributed by atoms with van der Waals surface area (Å²) in [5.41, 5.74) is 8.59. The first-order chi connectivity index (χ1) is 22.1. The molecule has 4 atom stereocenters. The third-order valence-electron chi connectivity index (χ3n) is 11.4. The molecule has 3 aliphatic rings. The van der Waals surface area contributed by atoms with E-state index in [-0.39, 0.29) is 10.8 Å². The lowest BCUT2D eigenvalue weighted by Crippen LogP contribution is -2.38. The van der Waals surface area contributed by atoms with Crippen LogP contribution >= 0.6 is 0 Å². The van der Waals surface area contributed by atoms with Crippen molar-refractivity contribution in [2.24, 2.45) is 22.2 Å². The number of nitrogens with zero attached hydrogens (tertiary/aromatic N) is 3. The fourth-order valence-electron chi connectivity index (χ4n) is 9.45. The predicted octanol–water partition coefficient (Wildman–Crippen LogP) is 10.5. The molecule has 10 rings (SSSR count). The SMILES string of the molecule is CC1C2C(n3c4ccccc4c4cc5c6ccccc6n(-c6ccccc6)c5cc43)=Nc3ccccc3C12C1(C)C=CC=CC1. The van der Waals surface area contributed by atoms with Crippen LogP contribution in [0.3, 0.4) is 0 Å². The van der Waals surface area contributed by atoms with E-state index >= 15 is 0 Å². The lowest BCUT2D eigenvalue weighted by molar-refractivity contribution is 0.288. The van der Waals surface area contributed by atoms with Crippen molar-refractivity contribution < 1.29 is 0 Å². The molecular weight excluding hydrogens is 546 g/mol. The molecule has 2 aromatic heterocycles. The van der Waals surface area contributed by atoms with Crippen molar-refractivity contribution in [3.63, 3.8) is 0 Å². The summed E-state index contributed by atoms with van der Waals surface area (Å²) in [6.45, 7) is 4.93. The van der Waals surface area contributed by atoms with Gasteiger partial charge in [0.05, 0.1) is 27.8 Å². The van der Waals surface area contributed by atoms with E-state index in [0.717, 1.165) is 12.1 Å². The van der Waals surface area contributed by atoms with Crippen LogP contribution in [0.5, 0.6) is 0 Å². The highest BCUT2D eigenvalue weighted by molar-refractivity contribution is 6.22. The summed E-state index contributed by atoms with van der Waals surface area (Å²) in [4.78, 5) is 5.57. The molecule has 7 aromatic rings. The average molecular weight is 580 g/mol. The van der Waals surface area contributed by atoms with Crippen LogP contribution in [0.4, 0.5) is 5.69 Å². The lowest BCUT2D eigenvalue weighted by Gasteiger charge is -2.41. The van der Waals surface area contributed by atoms with Gasteiger partial charge in [0.1, 0.15) is 5.84 Å². The molecule has 45 heavy (non-hydrogen) atoms. The van der Waals surface area contributed by atoms with Crippen molar-refractivity contribution in [1.82, 2.24) is 9.13 Å². The number of hydrogen-bond donors (Lipinski definition) is 0. The summed E-state index contributed by atoms with van der Waals surface area (Å²) in [7, 11) is 0. The van der Waals surface area contributed by atoms with Gasteiger partial charge in [-0.25, -0.2) is 4.99 Å². The zero-order valence-electron chi connectivity index (χ0n) is 25.5. The number of aromatic nitrogens is 2. The fraction of sp³-hybridized carbons (Fsp3) is 0.167. The Morgan fingerprint density at radius 2 is 1.29 bits per heavy atom. The molecule has 2 aliphatic carbocycles. The third kappa shape index (κ3) is 3.08. The van der Waals surface area contributed by atoms with E-state index in [0.29, 0.717) is 11.8 Å². The van der Waals surface area contributed by atoms with Gasteiger partial charge in [-0.05, 0) is 65.8 Å². The van der Waals surface area contributed by atoms with Gasteiger partial charge in [-0.1, -0.05) is 111 Å². The molecule has 3 heteroatoms. The Labute approximate surface area is 262 Å². The maximum Gasteiger partial charge on any atom is 0.118 e. The molecule has 1 saturated carbocycles. The summed E-state index contributed by atoms with van der Waals surface area (Å²) in [6, 6.07) is 42.3. The molecule has 0 spiro atoms. The van der Waals surface area contributed by atoms with E-state index < -0.39 is 0 Å². The fourth-order valence-corrected chi connectivity index (χ4v) is 9.45. The van der Waals surface area contributed by atoms with E-state index in [1.165, 1.54) is 60.7 Å². The third-order valence-corrected chi connectivity index (χ3v) is 11.4. The Hall–Kier alpha value is -5.15.